The van der Waals surface area contributed by atoms with E-state index in [0.29, 0.717) is 13.0 Å². The fourth-order valence-corrected chi connectivity index (χ4v) is 2.77. The van der Waals surface area contributed by atoms with E-state index in [2.05, 4.69) is 34.0 Å². The summed E-state index contributed by atoms with van der Waals surface area (Å²) in [4.78, 5) is 15.7. The molecule has 2 aromatic carbocycles. The minimum Gasteiger partial charge on any atom is -0.487 e. The molecule has 3 rings (SSSR count). The van der Waals surface area contributed by atoms with Gasteiger partial charge in [-0.3, -0.25) is 4.79 Å². The highest BCUT2D eigenvalue weighted by molar-refractivity contribution is 5.78. The fourth-order valence-electron chi connectivity index (χ4n) is 2.77. The summed E-state index contributed by atoms with van der Waals surface area (Å²) < 4.78 is 10.5. The molecule has 4 heteroatoms. The van der Waals surface area contributed by atoms with Gasteiger partial charge in [-0.2, -0.15) is 0 Å². The van der Waals surface area contributed by atoms with Gasteiger partial charge >= 0.3 is 5.97 Å². The third-order valence-electron chi connectivity index (χ3n) is 4.22. The Balaban J connectivity index is 1.53. The molecule has 27 heavy (non-hydrogen) atoms. The molecule has 1 heterocycles. The normalized spacial score (nSPS) is 11.0. The number of esters is 1. The van der Waals surface area contributed by atoms with Gasteiger partial charge in [0.25, 0.3) is 0 Å². The number of carbonyl (C=O) groups is 1. The number of allylic oxidation sites excluding steroid dienone is 1. The van der Waals surface area contributed by atoms with Crippen molar-refractivity contribution in [1.29, 1.82) is 0 Å². The molecule has 0 aliphatic heterocycles. The van der Waals surface area contributed by atoms with E-state index in [-0.39, 0.29) is 5.97 Å². The van der Waals surface area contributed by atoms with E-state index in [9.17, 15) is 4.79 Å². The Morgan fingerprint density at radius 1 is 1.04 bits per heavy atom. The van der Waals surface area contributed by atoms with Crippen LogP contribution in [-0.2, 0) is 22.6 Å². The highest BCUT2D eigenvalue weighted by Crippen LogP contribution is 2.17. The molecule has 0 N–H and O–H groups in total. The highest BCUT2D eigenvalue weighted by Gasteiger charge is 2.01. The second-order valence-electron chi connectivity index (χ2n) is 6.22. The number of para-hydroxylation sites is 1. The van der Waals surface area contributed by atoms with Gasteiger partial charge in [0.15, 0.2) is 0 Å². The zero-order valence-electron chi connectivity index (χ0n) is 15.4. The number of carbonyl (C=O) groups excluding carboxylic acids is 1. The maximum Gasteiger partial charge on any atom is 0.309 e. The first kappa shape index (κ1) is 18.6. The molecule has 0 saturated carbocycles. The minimum absolute atomic E-state index is 0.219. The van der Waals surface area contributed by atoms with Crippen LogP contribution in [0, 0.1) is 0 Å². The van der Waals surface area contributed by atoms with E-state index >= 15 is 0 Å². The molecule has 0 bridgehead atoms. The summed E-state index contributed by atoms with van der Waals surface area (Å²) in [6.07, 6.45) is 5.93. The number of nitrogens with zero attached hydrogens (tertiary/aromatic N) is 1. The van der Waals surface area contributed by atoms with Crippen molar-refractivity contribution in [3.63, 3.8) is 0 Å². The predicted molar refractivity (Wildman–Crippen MR) is 107 cm³/mol. The topological polar surface area (TPSA) is 48.4 Å². The molecular formula is C23H23NO3. The Hall–Kier alpha value is -3.14. The first-order valence-electron chi connectivity index (χ1n) is 9.03. The number of hydrogen-bond donors (Lipinski definition) is 0. The van der Waals surface area contributed by atoms with Crippen LogP contribution in [0.3, 0.4) is 0 Å². The van der Waals surface area contributed by atoms with Crippen molar-refractivity contribution in [2.75, 3.05) is 7.11 Å². The van der Waals surface area contributed by atoms with Gasteiger partial charge in [0.1, 0.15) is 12.4 Å². The number of aryl methyl sites for hydroxylation is 1. The summed E-state index contributed by atoms with van der Waals surface area (Å²) in [7, 11) is 1.40. The first-order chi connectivity index (χ1) is 13.2. The number of benzene rings is 2. The molecule has 0 saturated heterocycles. The molecule has 138 valence electrons. The Morgan fingerprint density at radius 2 is 1.93 bits per heavy atom. The molecule has 0 aliphatic rings. The maximum absolute atomic E-state index is 11.1. The van der Waals surface area contributed by atoms with E-state index in [1.807, 2.05) is 48.6 Å². The molecular weight excluding hydrogens is 338 g/mol. The summed E-state index contributed by atoms with van der Waals surface area (Å²) in [6.45, 7) is 0.438. The number of hydrogen-bond acceptors (Lipinski definition) is 4. The van der Waals surface area contributed by atoms with Crippen molar-refractivity contribution in [1.82, 2.24) is 4.98 Å². The van der Waals surface area contributed by atoms with Crippen LogP contribution >= 0.6 is 0 Å². The van der Waals surface area contributed by atoms with Crippen LogP contribution in [0.2, 0.25) is 0 Å². The maximum atomic E-state index is 11.1. The van der Waals surface area contributed by atoms with Crippen LogP contribution in [0.15, 0.2) is 72.8 Å². The lowest BCUT2D eigenvalue weighted by Gasteiger charge is -2.08. The van der Waals surface area contributed by atoms with Crippen molar-refractivity contribution in [2.45, 2.75) is 25.9 Å². The van der Waals surface area contributed by atoms with Crippen LogP contribution in [0.4, 0.5) is 0 Å². The van der Waals surface area contributed by atoms with Crippen LogP contribution < -0.4 is 4.74 Å². The van der Waals surface area contributed by atoms with E-state index < -0.39 is 0 Å². The quantitative estimate of drug-likeness (QED) is 0.424. The second-order valence-corrected chi connectivity index (χ2v) is 6.22. The van der Waals surface area contributed by atoms with Crippen LogP contribution in [0.25, 0.3) is 10.9 Å². The smallest absolute Gasteiger partial charge is 0.309 e. The molecule has 0 atom stereocenters. The molecule has 0 spiro atoms. The van der Waals surface area contributed by atoms with Crippen LogP contribution in [-0.4, -0.2) is 18.1 Å². The van der Waals surface area contributed by atoms with Crippen molar-refractivity contribution < 1.29 is 14.3 Å². The predicted octanol–water partition coefficient (Wildman–Crippen LogP) is 4.87. The van der Waals surface area contributed by atoms with Crippen LogP contribution in [0.1, 0.15) is 24.1 Å². The minimum atomic E-state index is -0.219. The zero-order valence-corrected chi connectivity index (χ0v) is 15.4. The number of fused-ring (bicyclic) bond motifs is 1. The fraction of sp³-hybridized carbons (Fsp3) is 0.217. The van der Waals surface area contributed by atoms with Crippen molar-refractivity contribution in [3.8, 4) is 5.75 Å². The third kappa shape index (κ3) is 5.68. The average Bonchev–Trinajstić information content (AvgIpc) is 2.72. The standard InChI is InChI=1S/C23H23NO3/c1-26-23(25)13-4-2-3-8-18-9-7-11-21(16-18)27-17-20-15-14-19-10-5-6-12-22(19)24-20/h2,4-7,9-12,14-16H,3,8,13,17H2,1H3/b4-2+. The monoisotopic (exact) mass is 361 g/mol. The Kier molecular flexibility index (Phi) is 6.58. The number of aromatic nitrogens is 1. The number of ether oxygens (including phenoxy) is 2. The lowest BCUT2D eigenvalue weighted by atomic mass is 10.1. The highest BCUT2D eigenvalue weighted by atomic mass is 16.5. The summed E-state index contributed by atoms with van der Waals surface area (Å²) in [6, 6.07) is 20.2. The van der Waals surface area contributed by atoms with Gasteiger partial charge in [0.2, 0.25) is 0 Å². The largest absolute Gasteiger partial charge is 0.487 e. The molecule has 0 fully saturated rings. The van der Waals surface area contributed by atoms with Gasteiger partial charge in [0.05, 0.1) is 24.7 Å². The van der Waals surface area contributed by atoms with Gasteiger partial charge in [0, 0.05) is 5.39 Å². The summed E-state index contributed by atoms with van der Waals surface area (Å²) in [5.74, 6) is 0.616. The van der Waals surface area contributed by atoms with E-state index in [1.165, 1.54) is 12.7 Å². The number of rotatable bonds is 8. The molecule has 0 unspecified atom stereocenters. The first-order valence-corrected chi connectivity index (χ1v) is 9.03. The lowest BCUT2D eigenvalue weighted by Crippen LogP contribution is -1.99. The summed E-state index contributed by atoms with van der Waals surface area (Å²) in [5.41, 5.74) is 3.08. The number of methoxy groups -OCH3 is 1. The van der Waals surface area contributed by atoms with Crippen molar-refractivity contribution >= 4 is 16.9 Å². The van der Waals surface area contributed by atoms with Gasteiger partial charge < -0.3 is 9.47 Å². The van der Waals surface area contributed by atoms with Gasteiger partial charge in [-0.15, -0.1) is 0 Å². The Morgan fingerprint density at radius 3 is 2.81 bits per heavy atom. The molecule has 1 aromatic heterocycles. The second kappa shape index (κ2) is 9.53. The molecule has 4 nitrogen and oxygen atoms in total. The summed E-state index contributed by atoms with van der Waals surface area (Å²) >= 11 is 0. The SMILES string of the molecule is COC(=O)C/C=C/CCc1cccc(OCc2ccc3ccccc3n2)c1. The van der Waals surface area contributed by atoms with Crippen LogP contribution in [0.5, 0.6) is 5.75 Å². The Labute approximate surface area is 159 Å². The molecule has 0 radical (unpaired) electrons. The molecule has 0 aliphatic carbocycles. The Bertz CT molecular complexity index is 934. The van der Waals surface area contributed by atoms with Gasteiger partial charge in [-0.1, -0.05) is 48.6 Å². The van der Waals surface area contributed by atoms with E-state index in [1.54, 1.807) is 0 Å². The number of pyridine rings is 1. The lowest BCUT2D eigenvalue weighted by molar-refractivity contribution is -0.139. The zero-order chi connectivity index (χ0) is 18.9. The third-order valence-corrected chi connectivity index (χ3v) is 4.22. The molecule has 0 amide bonds. The molecule has 3 aromatic rings. The van der Waals surface area contributed by atoms with Crippen molar-refractivity contribution in [3.05, 3.63) is 84.1 Å². The summed E-state index contributed by atoms with van der Waals surface area (Å²) in [5, 5.41) is 1.13. The van der Waals surface area contributed by atoms with Gasteiger partial charge in [-0.05, 0) is 42.7 Å². The van der Waals surface area contributed by atoms with Gasteiger partial charge in [-0.25, -0.2) is 4.98 Å². The van der Waals surface area contributed by atoms with E-state index in [0.717, 1.165) is 35.2 Å². The average molecular weight is 361 g/mol. The van der Waals surface area contributed by atoms with E-state index in [4.69, 9.17) is 4.74 Å². The van der Waals surface area contributed by atoms with Crippen molar-refractivity contribution in [2.24, 2.45) is 0 Å².